The molecule has 6 heteroatoms. The van der Waals surface area contributed by atoms with E-state index in [4.69, 9.17) is 16.3 Å². The fourth-order valence-corrected chi connectivity index (χ4v) is 4.06. The molecule has 0 N–H and O–H groups in total. The monoisotopic (exact) mass is 509 g/mol. The highest BCUT2D eigenvalue weighted by atomic mass is 79.9. The van der Waals surface area contributed by atoms with Crippen LogP contribution in [-0.4, -0.2) is 60.6 Å². The highest BCUT2D eigenvalue weighted by molar-refractivity contribution is 9.10. The number of rotatable bonds is 14. The highest BCUT2D eigenvalue weighted by Crippen LogP contribution is 2.26. The normalized spacial score (nSPS) is 11.6. The molecule has 0 aliphatic carbocycles. The maximum atomic E-state index is 6.23. The molecule has 0 spiro atoms. The summed E-state index contributed by atoms with van der Waals surface area (Å²) < 4.78 is 7.31. The molecule has 0 saturated carbocycles. The van der Waals surface area contributed by atoms with Gasteiger partial charge in [-0.25, -0.2) is 0 Å². The van der Waals surface area contributed by atoms with Gasteiger partial charge in [0.1, 0.15) is 12.4 Å². The largest absolute Gasteiger partial charge is 0.489 e. The average molecular weight is 511 g/mol. The third-order valence-corrected chi connectivity index (χ3v) is 6.39. The van der Waals surface area contributed by atoms with E-state index in [0.29, 0.717) is 6.61 Å². The summed E-state index contributed by atoms with van der Waals surface area (Å²) in [4.78, 5) is 7.48. The van der Waals surface area contributed by atoms with Crippen molar-refractivity contribution in [2.75, 3.05) is 45.9 Å². The summed E-state index contributed by atoms with van der Waals surface area (Å²) in [6.07, 6.45) is 0. The first-order valence-electron chi connectivity index (χ1n) is 11.3. The summed E-state index contributed by atoms with van der Waals surface area (Å²) in [5.74, 6) is 0.936. The topological polar surface area (TPSA) is 19.0 Å². The van der Waals surface area contributed by atoms with E-state index in [9.17, 15) is 0 Å². The van der Waals surface area contributed by atoms with Gasteiger partial charge in [-0.3, -0.25) is 9.80 Å². The van der Waals surface area contributed by atoms with Crippen LogP contribution in [0.5, 0.6) is 5.75 Å². The predicted octanol–water partition coefficient (Wildman–Crippen LogP) is 6.12. The summed E-state index contributed by atoms with van der Waals surface area (Å²) in [6.45, 7) is 17.6. The molecule has 0 unspecified atom stereocenters. The number of likely N-dealkylation sites (N-methyl/N-ethyl adjacent to an activating group) is 1. The SMILES string of the molecule is CCN(CC)CCN(Cc1cc(Br)ccc1OCc1ccc(Cl)cc1)CN(CC)CC. The summed E-state index contributed by atoms with van der Waals surface area (Å²) in [6, 6.07) is 14.1. The first-order valence-corrected chi connectivity index (χ1v) is 12.5. The van der Waals surface area contributed by atoms with Crippen molar-refractivity contribution in [3.05, 3.63) is 63.1 Å². The lowest BCUT2D eigenvalue weighted by Gasteiger charge is -2.31. The minimum atomic E-state index is 0.529. The quantitative estimate of drug-likeness (QED) is 0.285. The summed E-state index contributed by atoms with van der Waals surface area (Å²) in [5, 5.41) is 0.744. The van der Waals surface area contributed by atoms with Gasteiger partial charge in [0.25, 0.3) is 0 Å². The number of benzene rings is 2. The van der Waals surface area contributed by atoms with Crippen LogP contribution in [0.3, 0.4) is 0 Å². The smallest absolute Gasteiger partial charge is 0.124 e. The Labute approximate surface area is 202 Å². The third kappa shape index (κ3) is 9.11. The minimum absolute atomic E-state index is 0.529. The Hall–Kier alpha value is -1.11. The molecule has 0 saturated heterocycles. The van der Waals surface area contributed by atoms with Gasteiger partial charge in [0, 0.05) is 34.7 Å². The van der Waals surface area contributed by atoms with Crippen molar-refractivity contribution in [3.8, 4) is 5.75 Å². The van der Waals surface area contributed by atoms with E-state index in [-0.39, 0.29) is 0 Å². The van der Waals surface area contributed by atoms with Gasteiger partial charge in [0.05, 0.1) is 6.67 Å². The zero-order valence-electron chi connectivity index (χ0n) is 19.4. The molecule has 0 aliphatic heterocycles. The Kier molecular flexibility index (Phi) is 11.9. The predicted molar refractivity (Wildman–Crippen MR) is 136 cm³/mol. The van der Waals surface area contributed by atoms with Crippen molar-refractivity contribution in [2.45, 2.75) is 40.8 Å². The molecule has 31 heavy (non-hydrogen) atoms. The molecule has 2 rings (SSSR count). The van der Waals surface area contributed by atoms with Crippen LogP contribution in [0.1, 0.15) is 38.8 Å². The molecule has 0 amide bonds. The van der Waals surface area contributed by atoms with Crippen LogP contribution in [-0.2, 0) is 13.2 Å². The minimum Gasteiger partial charge on any atom is -0.489 e. The van der Waals surface area contributed by atoms with Crippen LogP contribution in [0, 0.1) is 0 Å². The molecule has 0 aliphatic rings. The molecular weight excluding hydrogens is 474 g/mol. The van der Waals surface area contributed by atoms with Crippen molar-refractivity contribution >= 4 is 27.5 Å². The molecule has 0 fully saturated rings. The lowest BCUT2D eigenvalue weighted by atomic mass is 10.2. The van der Waals surface area contributed by atoms with Crippen LogP contribution in [0.4, 0.5) is 0 Å². The van der Waals surface area contributed by atoms with Gasteiger partial charge in [-0.1, -0.05) is 67.4 Å². The second-order valence-electron chi connectivity index (χ2n) is 7.69. The fourth-order valence-electron chi connectivity index (χ4n) is 3.52. The van der Waals surface area contributed by atoms with Gasteiger partial charge >= 0.3 is 0 Å². The molecule has 2 aromatic rings. The Morgan fingerprint density at radius 2 is 1.42 bits per heavy atom. The first kappa shape index (κ1) is 26.1. The van der Waals surface area contributed by atoms with E-state index in [1.165, 1.54) is 5.56 Å². The molecule has 0 radical (unpaired) electrons. The zero-order valence-corrected chi connectivity index (χ0v) is 21.8. The number of nitrogens with zero attached hydrogens (tertiary/aromatic N) is 3. The van der Waals surface area contributed by atoms with Crippen molar-refractivity contribution < 1.29 is 4.74 Å². The van der Waals surface area contributed by atoms with E-state index in [1.807, 2.05) is 30.3 Å². The Morgan fingerprint density at radius 3 is 2.03 bits per heavy atom. The molecule has 172 valence electrons. The van der Waals surface area contributed by atoms with Gasteiger partial charge < -0.3 is 9.64 Å². The third-order valence-electron chi connectivity index (χ3n) is 5.65. The van der Waals surface area contributed by atoms with Gasteiger partial charge in [-0.15, -0.1) is 0 Å². The van der Waals surface area contributed by atoms with Crippen LogP contribution in [0.25, 0.3) is 0 Å². The lowest BCUT2D eigenvalue weighted by Crippen LogP contribution is -2.41. The number of halogens is 2. The number of ether oxygens (including phenoxy) is 1. The highest BCUT2D eigenvalue weighted by Gasteiger charge is 2.15. The zero-order chi connectivity index (χ0) is 22.6. The van der Waals surface area contributed by atoms with Crippen LogP contribution >= 0.6 is 27.5 Å². The Balaban J connectivity index is 2.14. The fraction of sp³-hybridized carbons (Fsp3) is 0.520. The molecule has 0 atom stereocenters. The Morgan fingerprint density at radius 1 is 0.806 bits per heavy atom. The molecule has 0 bridgehead atoms. The van der Waals surface area contributed by atoms with E-state index < -0.39 is 0 Å². The second kappa shape index (κ2) is 14.1. The number of hydrogen-bond donors (Lipinski definition) is 0. The van der Waals surface area contributed by atoms with Gasteiger partial charge in [-0.2, -0.15) is 0 Å². The van der Waals surface area contributed by atoms with E-state index >= 15 is 0 Å². The maximum absolute atomic E-state index is 6.23. The van der Waals surface area contributed by atoms with Crippen molar-refractivity contribution in [2.24, 2.45) is 0 Å². The first-order chi connectivity index (χ1) is 15.0. The Bertz CT molecular complexity index is 764. The van der Waals surface area contributed by atoms with Crippen LogP contribution in [0.2, 0.25) is 5.02 Å². The van der Waals surface area contributed by atoms with Gasteiger partial charge in [0.2, 0.25) is 0 Å². The van der Waals surface area contributed by atoms with Crippen LogP contribution in [0.15, 0.2) is 46.9 Å². The molecule has 0 aromatic heterocycles. The lowest BCUT2D eigenvalue weighted by molar-refractivity contribution is 0.118. The van der Waals surface area contributed by atoms with Crippen molar-refractivity contribution in [3.63, 3.8) is 0 Å². The standard InChI is InChI=1S/C25H37BrClN3O/c1-5-28(6-2)15-16-30(20-29(7-3)8-4)18-22-17-23(26)11-14-25(22)31-19-21-9-12-24(27)13-10-21/h9-14,17H,5-8,15-16,18-20H2,1-4H3. The summed E-state index contributed by atoms with van der Waals surface area (Å²) in [7, 11) is 0. The van der Waals surface area contributed by atoms with E-state index in [0.717, 1.165) is 73.3 Å². The number of hydrogen-bond acceptors (Lipinski definition) is 4. The van der Waals surface area contributed by atoms with E-state index in [2.05, 4.69) is 70.5 Å². The molecular formula is C25H37BrClN3O. The molecule has 4 nitrogen and oxygen atoms in total. The van der Waals surface area contributed by atoms with Gasteiger partial charge in [0.15, 0.2) is 0 Å². The van der Waals surface area contributed by atoms with Gasteiger partial charge in [-0.05, 0) is 62.1 Å². The summed E-state index contributed by atoms with van der Waals surface area (Å²) >= 11 is 9.65. The second-order valence-corrected chi connectivity index (χ2v) is 9.04. The van der Waals surface area contributed by atoms with E-state index in [1.54, 1.807) is 0 Å². The van der Waals surface area contributed by atoms with Crippen LogP contribution < -0.4 is 4.74 Å². The van der Waals surface area contributed by atoms with Crippen molar-refractivity contribution in [1.82, 2.24) is 14.7 Å². The maximum Gasteiger partial charge on any atom is 0.124 e. The molecule has 0 heterocycles. The summed E-state index contributed by atoms with van der Waals surface area (Å²) in [5.41, 5.74) is 2.31. The van der Waals surface area contributed by atoms with Crippen molar-refractivity contribution in [1.29, 1.82) is 0 Å². The molecule has 2 aromatic carbocycles. The average Bonchev–Trinajstić information content (AvgIpc) is 2.78.